The SMILES string of the molecule is Cc1sc(C2=CNC(C)NC2)cc1C1=CC(CO)NN1C. The Labute approximate surface area is 129 Å². The van der Waals surface area contributed by atoms with E-state index in [0.717, 1.165) is 12.2 Å². The second-order valence-electron chi connectivity index (χ2n) is 5.55. The average Bonchev–Trinajstić information content (AvgIpc) is 3.02. The van der Waals surface area contributed by atoms with Crippen molar-refractivity contribution in [1.82, 2.24) is 21.1 Å². The van der Waals surface area contributed by atoms with Crippen molar-refractivity contribution in [2.45, 2.75) is 26.1 Å². The van der Waals surface area contributed by atoms with Crippen molar-refractivity contribution < 1.29 is 5.11 Å². The molecule has 3 heterocycles. The van der Waals surface area contributed by atoms with Crippen LogP contribution in [-0.4, -0.2) is 42.5 Å². The van der Waals surface area contributed by atoms with Gasteiger partial charge < -0.3 is 15.4 Å². The van der Waals surface area contributed by atoms with Gasteiger partial charge in [0.2, 0.25) is 0 Å². The fourth-order valence-electron chi connectivity index (χ4n) is 2.67. The lowest BCUT2D eigenvalue weighted by molar-refractivity contribution is 0.229. The van der Waals surface area contributed by atoms with Gasteiger partial charge in [-0.2, -0.15) is 0 Å². The molecule has 5 nitrogen and oxygen atoms in total. The van der Waals surface area contributed by atoms with Gasteiger partial charge in [0.1, 0.15) is 0 Å². The van der Waals surface area contributed by atoms with E-state index in [-0.39, 0.29) is 12.6 Å². The summed E-state index contributed by atoms with van der Waals surface area (Å²) in [4.78, 5) is 2.58. The van der Waals surface area contributed by atoms with Crippen LogP contribution >= 0.6 is 11.3 Å². The number of aliphatic hydroxyl groups excluding tert-OH is 1. The summed E-state index contributed by atoms with van der Waals surface area (Å²) < 4.78 is 0. The summed E-state index contributed by atoms with van der Waals surface area (Å²) >= 11 is 1.81. The van der Waals surface area contributed by atoms with Crippen LogP contribution in [0.4, 0.5) is 0 Å². The van der Waals surface area contributed by atoms with Crippen LogP contribution in [0.15, 0.2) is 18.3 Å². The van der Waals surface area contributed by atoms with Gasteiger partial charge in [0.25, 0.3) is 0 Å². The molecule has 2 aliphatic heterocycles. The first-order valence-electron chi connectivity index (χ1n) is 7.20. The Morgan fingerprint density at radius 3 is 2.90 bits per heavy atom. The highest BCUT2D eigenvalue weighted by atomic mass is 32.1. The van der Waals surface area contributed by atoms with Crippen molar-refractivity contribution in [3.63, 3.8) is 0 Å². The molecule has 0 amide bonds. The Morgan fingerprint density at radius 2 is 2.29 bits per heavy atom. The maximum atomic E-state index is 9.29. The smallest absolute Gasteiger partial charge is 0.0736 e. The molecule has 2 unspecified atom stereocenters. The maximum absolute atomic E-state index is 9.29. The lowest BCUT2D eigenvalue weighted by Gasteiger charge is -2.21. The second-order valence-corrected chi connectivity index (χ2v) is 6.80. The maximum Gasteiger partial charge on any atom is 0.0736 e. The van der Waals surface area contributed by atoms with Crippen LogP contribution < -0.4 is 16.1 Å². The van der Waals surface area contributed by atoms with Crippen molar-refractivity contribution in [3.05, 3.63) is 33.7 Å². The van der Waals surface area contributed by atoms with E-state index in [2.05, 4.69) is 48.2 Å². The zero-order valence-corrected chi connectivity index (χ0v) is 13.4. The van der Waals surface area contributed by atoms with Gasteiger partial charge in [0.05, 0.1) is 24.5 Å². The number of nitrogens with zero attached hydrogens (tertiary/aromatic N) is 1. The van der Waals surface area contributed by atoms with Crippen molar-refractivity contribution in [1.29, 1.82) is 0 Å². The quantitative estimate of drug-likeness (QED) is 0.673. The van der Waals surface area contributed by atoms with Crippen LogP contribution in [0.25, 0.3) is 11.3 Å². The minimum absolute atomic E-state index is 0.00540. The lowest BCUT2D eigenvalue weighted by atomic mass is 10.1. The largest absolute Gasteiger partial charge is 0.394 e. The van der Waals surface area contributed by atoms with Gasteiger partial charge in [0.15, 0.2) is 0 Å². The second kappa shape index (κ2) is 5.81. The summed E-state index contributed by atoms with van der Waals surface area (Å²) in [6, 6.07) is 2.25. The summed E-state index contributed by atoms with van der Waals surface area (Å²) in [5.41, 5.74) is 6.90. The van der Waals surface area contributed by atoms with Gasteiger partial charge in [-0.3, -0.25) is 5.32 Å². The van der Waals surface area contributed by atoms with Crippen molar-refractivity contribution >= 4 is 22.6 Å². The van der Waals surface area contributed by atoms with E-state index in [9.17, 15) is 5.11 Å². The molecule has 0 aromatic carbocycles. The van der Waals surface area contributed by atoms with E-state index in [4.69, 9.17) is 0 Å². The standard InChI is InChI=1S/C15H22N4OS/c1-9-13(14-4-12(8-20)18-19(14)3)5-15(21-9)11-6-16-10(2)17-7-11/h4-6,10,12,16-18,20H,7-8H2,1-3H3. The highest BCUT2D eigenvalue weighted by Crippen LogP contribution is 2.34. The summed E-state index contributed by atoms with van der Waals surface area (Å²) in [7, 11) is 1.99. The molecular weight excluding hydrogens is 284 g/mol. The van der Waals surface area contributed by atoms with Gasteiger partial charge in [-0.25, -0.2) is 5.43 Å². The van der Waals surface area contributed by atoms with Gasteiger partial charge in [-0.05, 0) is 31.6 Å². The molecule has 21 heavy (non-hydrogen) atoms. The summed E-state index contributed by atoms with van der Waals surface area (Å²) in [6.45, 7) is 5.26. The van der Waals surface area contributed by atoms with E-state index >= 15 is 0 Å². The predicted molar refractivity (Wildman–Crippen MR) is 87.4 cm³/mol. The molecule has 0 fully saturated rings. The topological polar surface area (TPSA) is 59.6 Å². The minimum Gasteiger partial charge on any atom is -0.394 e. The molecule has 1 aromatic rings. The zero-order chi connectivity index (χ0) is 15.0. The van der Waals surface area contributed by atoms with E-state index < -0.39 is 0 Å². The number of hydrazine groups is 1. The van der Waals surface area contributed by atoms with E-state index in [1.54, 1.807) is 0 Å². The molecule has 0 saturated carbocycles. The Balaban J connectivity index is 1.89. The minimum atomic E-state index is 0.00540. The van der Waals surface area contributed by atoms with Gasteiger partial charge in [0, 0.05) is 35.1 Å². The third kappa shape index (κ3) is 2.85. The van der Waals surface area contributed by atoms with E-state index in [1.807, 2.05) is 23.4 Å². The number of rotatable bonds is 3. The Bertz CT molecular complexity index is 592. The van der Waals surface area contributed by atoms with Crippen LogP contribution in [-0.2, 0) is 0 Å². The molecular formula is C15H22N4OS. The number of nitrogens with one attached hydrogen (secondary N) is 3. The molecule has 0 aliphatic carbocycles. The molecule has 2 aliphatic rings. The summed E-state index contributed by atoms with van der Waals surface area (Å²) in [6.07, 6.45) is 4.53. The molecule has 0 spiro atoms. The molecule has 0 saturated heterocycles. The molecule has 6 heteroatoms. The zero-order valence-electron chi connectivity index (χ0n) is 12.6. The van der Waals surface area contributed by atoms with Crippen LogP contribution in [0, 0.1) is 6.92 Å². The monoisotopic (exact) mass is 306 g/mol. The van der Waals surface area contributed by atoms with E-state index in [0.29, 0.717) is 6.17 Å². The lowest BCUT2D eigenvalue weighted by Crippen LogP contribution is -2.41. The van der Waals surface area contributed by atoms with Crippen molar-refractivity contribution in [3.8, 4) is 0 Å². The van der Waals surface area contributed by atoms with Crippen LogP contribution in [0.3, 0.4) is 0 Å². The van der Waals surface area contributed by atoms with Crippen molar-refractivity contribution in [2.24, 2.45) is 0 Å². The summed E-state index contributed by atoms with van der Waals surface area (Å²) in [5.74, 6) is 0. The first kappa shape index (κ1) is 14.6. The van der Waals surface area contributed by atoms with Crippen LogP contribution in [0.1, 0.15) is 22.2 Å². The normalized spacial score (nSPS) is 25.6. The number of hydrogen-bond acceptors (Lipinski definition) is 6. The fourth-order valence-corrected chi connectivity index (χ4v) is 3.72. The molecule has 2 atom stereocenters. The predicted octanol–water partition coefficient (Wildman–Crippen LogP) is 1.09. The van der Waals surface area contributed by atoms with Crippen LogP contribution in [0.5, 0.6) is 0 Å². The first-order valence-corrected chi connectivity index (χ1v) is 8.02. The molecule has 4 N–H and O–H groups in total. The molecule has 0 bridgehead atoms. The Hall–Kier alpha value is -1.34. The number of thiophene rings is 1. The first-order chi connectivity index (χ1) is 10.1. The van der Waals surface area contributed by atoms with Gasteiger partial charge in [-0.1, -0.05) is 0 Å². The highest BCUT2D eigenvalue weighted by molar-refractivity contribution is 7.13. The molecule has 1 aromatic heterocycles. The number of aliphatic hydroxyl groups is 1. The Morgan fingerprint density at radius 1 is 1.48 bits per heavy atom. The number of aryl methyl sites for hydroxylation is 1. The van der Waals surface area contributed by atoms with E-state index in [1.165, 1.54) is 20.9 Å². The highest BCUT2D eigenvalue weighted by Gasteiger charge is 2.23. The third-order valence-electron chi connectivity index (χ3n) is 3.89. The van der Waals surface area contributed by atoms with Crippen molar-refractivity contribution in [2.75, 3.05) is 20.2 Å². The number of hydrogen-bond donors (Lipinski definition) is 4. The molecule has 0 radical (unpaired) electrons. The summed E-state index contributed by atoms with van der Waals surface area (Å²) in [5, 5.41) is 18.0. The van der Waals surface area contributed by atoms with Crippen LogP contribution in [0.2, 0.25) is 0 Å². The average molecular weight is 306 g/mol. The fraction of sp³-hybridized carbons (Fsp3) is 0.467. The molecule has 114 valence electrons. The Kier molecular flexibility index (Phi) is 4.03. The third-order valence-corrected chi connectivity index (χ3v) is 5.02. The molecule has 3 rings (SSSR count). The van der Waals surface area contributed by atoms with Gasteiger partial charge >= 0.3 is 0 Å². The van der Waals surface area contributed by atoms with Gasteiger partial charge in [-0.15, -0.1) is 11.3 Å².